The van der Waals surface area contributed by atoms with Crippen LogP contribution >= 0.6 is 0 Å². The molecule has 25 heavy (non-hydrogen) atoms. The second-order valence-electron chi connectivity index (χ2n) is 7.13. The number of carbonyl (C=O) groups excluding carboxylic acids is 2. The molecule has 0 aromatic carbocycles. The molecule has 0 radical (unpaired) electrons. The molecule has 1 atom stereocenters. The quantitative estimate of drug-likeness (QED) is 0.932. The molecule has 2 saturated heterocycles. The van der Waals surface area contributed by atoms with Crippen LogP contribution in [0.2, 0.25) is 0 Å². The number of nitrogens with zero attached hydrogens (tertiary/aromatic N) is 3. The topological polar surface area (TPSA) is 69.3 Å². The fourth-order valence-electron chi connectivity index (χ4n) is 4.09. The van der Waals surface area contributed by atoms with Gasteiger partial charge in [0.1, 0.15) is 11.7 Å². The standard InChI is InChI=1S/C19H24N4O2/c1-13(23-9-3-5-17(23)24)19(25)22-10-6-14(7-11-22)16-12-15-4-2-8-20-18(15)21-16/h2,4,8,12-14H,3,5-7,9-11H2,1H3,(H,20,21)/t13-/m0/s1. The Bertz CT molecular complexity index is 759. The molecule has 0 aliphatic carbocycles. The SMILES string of the molecule is C[C@@H](C(=O)N1CCC(c2cc3cccnc3[nH]2)CC1)N1CCCC1=O. The molecule has 4 heterocycles. The molecule has 2 amide bonds. The van der Waals surface area contributed by atoms with Crippen LogP contribution in [0.4, 0.5) is 0 Å². The van der Waals surface area contributed by atoms with Gasteiger partial charge in [0, 0.05) is 49.2 Å². The van der Waals surface area contributed by atoms with Gasteiger partial charge in [0.2, 0.25) is 11.8 Å². The van der Waals surface area contributed by atoms with Crippen LogP contribution in [0.3, 0.4) is 0 Å². The number of carbonyl (C=O) groups is 2. The van der Waals surface area contributed by atoms with Crippen LogP contribution in [0.1, 0.15) is 44.2 Å². The van der Waals surface area contributed by atoms with Crippen molar-refractivity contribution in [3.8, 4) is 0 Å². The van der Waals surface area contributed by atoms with Gasteiger partial charge in [0.15, 0.2) is 0 Å². The van der Waals surface area contributed by atoms with Crippen molar-refractivity contribution in [1.29, 1.82) is 0 Å². The number of fused-ring (bicyclic) bond motifs is 1. The second kappa shape index (κ2) is 6.50. The first-order valence-electron chi connectivity index (χ1n) is 9.15. The Balaban J connectivity index is 1.39. The summed E-state index contributed by atoms with van der Waals surface area (Å²) in [7, 11) is 0. The van der Waals surface area contributed by atoms with Gasteiger partial charge in [-0.25, -0.2) is 4.98 Å². The van der Waals surface area contributed by atoms with Gasteiger partial charge in [-0.3, -0.25) is 9.59 Å². The summed E-state index contributed by atoms with van der Waals surface area (Å²) in [4.78, 5) is 36.0. The highest BCUT2D eigenvalue weighted by atomic mass is 16.2. The molecule has 2 fully saturated rings. The number of H-pyrrole nitrogens is 1. The molecule has 0 bridgehead atoms. The van der Waals surface area contributed by atoms with E-state index in [0.717, 1.165) is 43.4 Å². The van der Waals surface area contributed by atoms with E-state index in [1.807, 2.05) is 17.9 Å². The highest BCUT2D eigenvalue weighted by molar-refractivity contribution is 5.88. The number of nitrogens with one attached hydrogen (secondary N) is 1. The zero-order valence-electron chi connectivity index (χ0n) is 14.6. The average molecular weight is 340 g/mol. The number of piperidine rings is 1. The maximum absolute atomic E-state index is 12.7. The molecule has 132 valence electrons. The van der Waals surface area contributed by atoms with Crippen molar-refractivity contribution in [2.24, 2.45) is 0 Å². The van der Waals surface area contributed by atoms with Crippen molar-refractivity contribution < 1.29 is 9.59 Å². The van der Waals surface area contributed by atoms with E-state index in [0.29, 0.717) is 18.9 Å². The van der Waals surface area contributed by atoms with E-state index in [9.17, 15) is 9.59 Å². The lowest BCUT2D eigenvalue weighted by Crippen LogP contribution is -2.49. The Hall–Kier alpha value is -2.37. The molecule has 2 aromatic rings. The van der Waals surface area contributed by atoms with Gasteiger partial charge in [-0.2, -0.15) is 0 Å². The molecule has 0 unspecified atom stereocenters. The van der Waals surface area contributed by atoms with Crippen LogP contribution < -0.4 is 0 Å². The minimum atomic E-state index is -0.330. The lowest BCUT2D eigenvalue weighted by molar-refractivity contribution is -0.143. The number of hydrogen-bond acceptors (Lipinski definition) is 3. The van der Waals surface area contributed by atoms with E-state index in [1.165, 1.54) is 5.69 Å². The van der Waals surface area contributed by atoms with Crippen LogP contribution in [0, 0.1) is 0 Å². The lowest BCUT2D eigenvalue weighted by Gasteiger charge is -2.35. The second-order valence-corrected chi connectivity index (χ2v) is 7.13. The van der Waals surface area contributed by atoms with Crippen molar-refractivity contribution in [2.75, 3.05) is 19.6 Å². The maximum Gasteiger partial charge on any atom is 0.245 e. The third-order valence-corrected chi connectivity index (χ3v) is 5.59. The summed E-state index contributed by atoms with van der Waals surface area (Å²) in [6, 6.07) is 5.86. The first kappa shape index (κ1) is 16.1. The number of pyridine rings is 1. The van der Waals surface area contributed by atoms with Crippen LogP contribution in [0.15, 0.2) is 24.4 Å². The average Bonchev–Trinajstić information content (AvgIpc) is 3.26. The zero-order chi connectivity index (χ0) is 17.4. The van der Waals surface area contributed by atoms with E-state index < -0.39 is 0 Å². The monoisotopic (exact) mass is 340 g/mol. The van der Waals surface area contributed by atoms with Gasteiger partial charge < -0.3 is 14.8 Å². The zero-order valence-corrected chi connectivity index (χ0v) is 14.6. The summed E-state index contributed by atoms with van der Waals surface area (Å²) in [6.45, 7) is 4.07. The largest absolute Gasteiger partial charge is 0.343 e. The number of likely N-dealkylation sites (tertiary alicyclic amines) is 2. The predicted octanol–water partition coefficient (Wildman–Crippen LogP) is 2.28. The van der Waals surface area contributed by atoms with Gasteiger partial charge in [-0.05, 0) is 44.4 Å². The number of aromatic nitrogens is 2. The molecular weight excluding hydrogens is 316 g/mol. The van der Waals surface area contributed by atoms with E-state index in [1.54, 1.807) is 11.1 Å². The van der Waals surface area contributed by atoms with E-state index in [4.69, 9.17) is 0 Å². The predicted molar refractivity (Wildman–Crippen MR) is 95.1 cm³/mol. The van der Waals surface area contributed by atoms with Gasteiger partial charge in [-0.15, -0.1) is 0 Å². The van der Waals surface area contributed by atoms with Crippen molar-refractivity contribution in [3.05, 3.63) is 30.1 Å². The molecule has 2 aliphatic heterocycles. The third kappa shape index (κ3) is 3.01. The normalized spacial score (nSPS) is 20.4. The van der Waals surface area contributed by atoms with Crippen molar-refractivity contribution in [1.82, 2.24) is 19.8 Å². The van der Waals surface area contributed by atoms with E-state index in [2.05, 4.69) is 22.1 Å². The number of amides is 2. The molecule has 0 saturated carbocycles. The van der Waals surface area contributed by atoms with Crippen LogP contribution in [0.5, 0.6) is 0 Å². The summed E-state index contributed by atoms with van der Waals surface area (Å²) in [5.74, 6) is 0.635. The van der Waals surface area contributed by atoms with Crippen molar-refractivity contribution >= 4 is 22.8 Å². The summed E-state index contributed by atoms with van der Waals surface area (Å²) < 4.78 is 0. The van der Waals surface area contributed by atoms with Gasteiger partial charge in [-0.1, -0.05) is 0 Å². The minimum absolute atomic E-state index is 0.0898. The van der Waals surface area contributed by atoms with E-state index in [-0.39, 0.29) is 17.9 Å². The molecule has 2 aliphatic rings. The molecule has 4 rings (SSSR count). The summed E-state index contributed by atoms with van der Waals surface area (Å²) >= 11 is 0. The Labute approximate surface area is 147 Å². The van der Waals surface area contributed by atoms with Crippen LogP contribution in [-0.2, 0) is 9.59 Å². The molecule has 0 spiro atoms. The number of aromatic amines is 1. The van der Waals surface area contributed by atoms with Gasteiger partial charge in [0.25, 0.3) is 0 Å². The Morgan fingerprint density at radius 2 is 2.12 bits per heavy atom. The number of rotatable bonds is 3. The molecule has 6 nitrogen and oxygen atoms in total. The first-order valence-corrected chi connectivity index (χ1v) is 9.15. The minimum Gasteiger partial charge on any atom is -0.343 e. The summed E-state index contributed by atoms with van der Waals surface area (Å²) in [5.41, 5.74) is 2.14. The Morgan fingerprint density at radius 3 is 2.80 bits per heavy atom. The highest BCUT2D eigenvalue weighted by Crippen LogP contribution is 2.30. The van der Waals surface area contributed by atoms with Crippen molar-refractivity contribution in [3.63, 3.8) is 0 Å². The lowest BCUT2D eigenvalue weighted by atomic mass is 9.93. The molecule has 1 N–H and O–H groups in total. The highest BCUT2D eigenvalue weighted by Gasteiger charge is 2.33. The van der Waals surface area contributed by atoms with Gasteiger partial charge >= 0.3 is 0 Å². The maximum atomic E-state index is 12.7. The fourth-order valence-corrected chi connectivity index (χ4v) is 4.09. The fraction of sp³-hybridized carbons (Fsp3) is 0.526. The smallest absolute Gasteiger partial charge is 0.245 e. The Kier molecular flexibility index (Phi) is 4.19. The first-order chi connectivity index (χ1) is 12.1. The van der Waals surface area contributed by atoms with Gasteiger partial charge in [0.05, 0.1) is 0 Å². The van der Waals surface area contributed by atoms with Crippen LogP contribution in [-0.4, -0.2) is 57.3 Å². The van der Waals surface area contributed by atoms with Crippen molar-refractivity contribution in [2.45, 2.75) is 44.6 Å². The molecular formula is C19H24N4O2. The molecule has 6 heteroatoms. The van der Waals surface area contributed by atoms with E-state index >= 15 is 0 Å². The summed E-state index contributed by atoms with van der Waals surface area (Å²) in [5, 5.41) is 1.14. The Morgan fingerprint density at radius 1 is 1.32 bits per heavy atom. The molecule has 2 aromatic heterocycles. The third-order valence-electron chi connectivity index (χ3n) is 5.59. The van der Waals surface area contributed by atoms with Crippen LogP contribution in [0.25, 0.3) is 11.0 Å². The number of hydrogen-bond donors (Lipinski definition) is 1. The summed E-state index contributed by atoms with van der Waals surface area (Å²) in [6.07, 6.45) is 5.13.